The molecule has 102 valence electrons. The van der Waals surface area contributed by atoms with Crippen LogP contribution in [0.5, 0.6) is 0 Å². The van der Waals surface area contributed by atoms with E-state index in [1.807, 2.05) is 0 Å². The van der Waals surface area contributed by atoms with Crippen LogP contribution in [0.15, 0.2) is 16.9 Å². The fourth-order valence-corrected chi connectivity index (χ4v) is 1.53. The quantitative estimate of drug-likeness (QED) is 0.774. The van der Waals surface area contributed by atoms with Crippen LogP contribution >= 0.6 is 0 Å². The highest BCUT2D eigenvalue weighted by Crippen LogP contribution is 2.25. The maximum Gasteiger partial charge on any atom is 0.321 e. The fraction of sp³-hybridized carbons (Fsp3) is 0.500. The summed E-state index contributed by atoms with van der Waals surface area (Å²) in [5, 5.41) is 7.89. The van der Waals surface area contributed by atoms with Gasteiger partial charge in [0.1, 0.15) is 5.41 Å². The van der Waals surface area contributed by atoms with Crippen LogP contribution in [0.2, 0.25) is 0 Å². The van der Waals surface area contributed by atoms with Gasteiger partial charge >= 0.3 is 5.97 Å². The lowest BCUT2D eigenvalue weighted by atomic mass is 9.94. The monoisotopic (exact) mass is 264 g/mol. The summed E-state index contributed by atoms with van der Waals surface area (Å²) in [6, 6.07) is 0. The van der Waals surface area contributed by atoms with E-state index in [0.717, 1.165) is 5.56 Å². The van der Waals surface area contributed by atoms with Gasteiger partial charge in [-0.3, -0.25) is 9.48 Å². The standard InChI is InChI=1S/C12H16N4O3/c1-5-18-11(17)12(2,3)10-14-9(15-19-10)8-6-13-16(4)7-8/h6-7H,5H2,1-4H3. The van der Waals surface area contributed by atoms with Crippen LogP contribution in [0.3, 0.4) is 0 Å². The maximum absolute atomic E-state index is 11.8. The third-order valence-electron chi connectivity index (χ3n) is 2.71. The molecule has 0 fully saturated rings. The van der Waals surface area contributed by atoms with Crippen LogP contribution in [0.1, 0.15) is 26.7 Å². The largest absolute Gasteiger partial charge is 0.465 e. The predicted octanol–water partition coefficient (Wildman–Crippen LogP) is 1.31. The Hall–Kier alpha value is -2.18. The second-order valence-corrected chi connectivity index (χ2v) is 4.67. The van der Waals surface area contributed by atoms with Crippen LogP contribution in [0, 0.1) is 0 Å². The summed E-state index contributed by atoms with van der Waals surface area (Å²) in [6.07, 6.45) is 3.40. The Morgan fingerprint density at radius 3 is 2.84 bits per heavy atom. The van der Waals surface area contributed by atoms with Crippen molar-refractivity contribution in [3.8, 4) is 11.4 Å². The van der Waals surface area contributed by atoms with E-state index in [0.29, 0.717) is 12.4 Å². The van der Waals surface area contributed by atoms with Gasteiger partial charge in [-0.15, -0.1) is 0 Å². The number of carbonyl (C=O) groups is 1. The van der Waals surface area contributed by atoms with Gasteiger partial charge in [0.2, 0.25) is 11.7 Å². The fourth-order valence-electron chi connectivity index (χ4n) is 1.53. The lowest BCUT2D eigenvalue weighted by molar-refractivity contribution is -0.149. The first-order valence-electron chi connectivity index (χ1n) is 5.95. The summed E-state index contributed by atoms with van der Waals surface area (Å²) in [6.45, 7) is 5.44. The van der Waals surface area contributed by atoms with Crippen LogP contribution < -0.4 is 0 Å². The summed E-state index contributed by atoms with van der Waals surface area (Å²) in [5.41, 5.74) is -0.235. The molecule has 0 aromatic carbocycles. The first-order valence-corrected chi connectivity index (χ1v) is 5.95. The number of nitrogens with zero attached hydrogens (tertiary/aromatic N) is 4. The zero-order valence-electron chi connectivity index (χ0n) is 11.4. The predicted molar refractivity (Wildman–Crippen MR) is 66.2 cm³/mol. The molecule has 2 rings (SSSR count). The Morgan fingerprint density at radius 2 is 2.26 bits per heavy atom. The van der Waals surface area contributed by atoms with Gasteiger partial charge in [0.15, 0.2) is 0 Å². The minimum absolute atomic E-state index is 0.227. The molecule has 0 atom stereocenters. The van der Waals surface area contributed by atoms with Crippen LogP contribution in [0.25, 0.3) is 11.4 Å². The number of hydrogen-bond acceptors (Lipinski definition) is 6. The summed E-state index contributed by atoms with van der Waals surface area (Å²) in [7, 11) is 1.80. The van der Waals surface area contributed by atoms with Crippen molar-refractivity contribution in [2.45, 2.75) is 26.2 Å². The van der Waals surface area contributed by atoms with E-state index in [-0.39, 0.29) is 5.89 Å². The lowest BCUT2D eigenvalue weighted by Crippen LogP contribution is -2.31. The molecule has 0 saturated carbocycles. The molecule has 0 bridgehead atoms. The molecule has 7 heteroatoms. The van der Waals surface area contributed by atoms with E-state index in [1.165, 1.54) is 0 Å². The second-order valence-electron chi connectivity index (χ2n) is 4.67. The highest BCUT2D eigenvalue weighted by molar-refractivity contribution is 5.80. The number of rotatable bonds is 4. The van der Waals surface area contributed by atoms with E-state index >= 15 is 0 Å². The molecule has 7 nitrogen and oxygen atoms in total. The van der Waals surface area contributed by atoms with Gasteiger partial charge in [-0.1, -0.05) is 5.16 Å². The summed E-state index contributed by atoms with van der Waals surface area (Å²) < 4.78 is 11.8. The molecule has 0 N–H and O–H groups in total. The van der Waals surface area contributed by atoms with Crippen molar-refractivity contribution in [1.29, 1.82) is 0 Å². The summed E-state index contributed by atoms with van der Waals surface area (Å²) >= 11 is 0. The zero-order valence-corrected chi connectivity index (χ0v) is 11.4. The van der Waals surface area contributed by atoms with Gasteiger partial charge in [-0.25, -0.2) is 0 Å². The van der Waals surface area contributed by atoms with Gasteiger partial charge in [0.25, 0.3) is 0 Å². The number of hydrogen-bond donors (Lipinski definition) is 0. The Bertz CT molecular complexity index is 585. The van der Waals surface area contributed by atoms with Crippen LogP contribution in [0.4, 0.5) is 0 Å². The van der Waals surface area contributed by atoms with Crippen molar-refractivity contribution in [2.75, 3.05) is 6.61 Å². The first kappa shape index (κ1) is 13.3. The van der Waals surface area contributed by atoms with E-state index in [2.05, 4.69) is 15.2 Å². The molecule has 0 unspecified atom stereocenters. The van der Waals surface area contributed by atoms with Crippen molar-refractivity contribution in [1.82, 2.24) is 19.9 Å². The number of esters is 1. The van der Waals surface area contributed by atoms with Gasteiger partial charge < -0.3 is 9.26 Å². The molecule has 2 heterocycles. The molecular weight excluding hydrogens is 248 g/mol. The van der Waals surface area contributed by atoms with Crippen LogP contribution in [-0.4, -0.2) is 32.5 Å². The highest BCUT2D eigenvalue weighted by Gasteiger charge is 2.37. The van der Waals surface area contributed by atoms with Crippen molar-refractivity contribution in [3.63, 3.8) is 0 Å². The van der Waals surface area contributed by atoms with Gasteiger partial charge in [0, 0.05) is 13.2 Å². The number of aromatic nitrogens is 4. The minimum atomic E-state index is -0.969. The van der Waals surface area contributed by atoms with Crippen molar-refractivity contribution < 1.29 is 14.1 Å². The molecule has 0 aliphatic rings. The Balaban J connectivity index is 2.28. The number of aryl methyl sites for hydroxylation is 1. The SMILES string of the molecule is CCOC(=O)C(C)(C)c1nc(-c2cnn(C)c2)no1. The number of carbonyl (C=O) groups excluding carboxylic acids is 1. The summed E-state index contributed by atoms with van der Waals surface area (Å²) in [4.78, 5) is 16.1. The summed E-state index contributed by atoms with van der Waals surface area (Å²) in [5.74, 6) is 0.238. The third kappa shape index (κ3) is 2.49. The molecule has 2 aromatic rings. The van der Waals surface area contributed by atoms with E-state index in [1.54, 1.807) is 44.9 Å². The van der Waals surface area contributed by atoms with Gasteiger partial charge in [-0.05, 0) is 20.8 Å². The molecule has 0 aliphatic heterocycles. The van der Waals surface area contributed by atoms with Crippen LogP contribution in [-0.2, 0) is 22.0 Å². The first-order chi connectivity index (χ1) is 8.95. The molecule has 19 heavy (non-hydrogen) atoms. The van der Waals surface area contributed by atoms with Gasteiger partial charge in [-0.2, -0.15) is 10.1 Å². The Kier molecular flexibility index (Phi) is 3.37. The highest BCUT2D eigenvalue weighted by atomic mass is 16.5. The third-order valence-corrected chi connectivity index (χ3v) is 2.71. The normalized spacial score (nSPS) is 11.6. The van der Waals surface area contributed by atoms with Crippen molar-refractivity contribution >= 4 is 5.97 Å². The Morgan fingerprint density at radius 1 is 1.53 bits per heavy atom. The van der Waals surface area contributed by atoms with Crippen molar-refractivity contribution in [2.24, 2.45) is 7.05 Å². The topological polar surface area (TPSA) is 83.0 Å². The van der Waals surface area contributed by atoms with E-state index in [9.17, 15) is 4.79 Å². The smallest absolute Gasteiger partial charge is 0.321 e. The molecule has 0 amide bonds. The van der Waals surface area contributed by atoms with E-state index < -0.39 is 11.4 Å². The number of ether oxygens (including phenoxy) is 1. The second kappa shape index (κ2) is 4.83. The van der Waals surface area contributed by atoms with Crippen molar-refractivity contribution in [3.05, 3.63) is 18.3 Å². The molecule has 0 aliphatic carbocycles. The lowest BCUT2D eigenvalue weighted by Gasteiger charge is -2.16. The molecule has 0 radical (unpaired) electrons. The minimum Gasteiger partial charge on any atom is -0.465 e. The molecular formula is C12H16N4O3. The molecule has 2 aromatic heterocycles. The molecule has 0 spiro atoms. The average Bonchev–Trinajstić information content (AvgIpc) is 2.97. The van der Waals surface area contributed by atoms with E-state index in [4.69, 9.17) is 9.26 Å². The zero-order chi connectivity index (χ0) is 14.0. The maximum atomic E-state index is 11.8. The average molecular weight is 264 g/mol. The molecule has 0 saturated heterocycles. The Labute approximate surface area is 110 Å². The van der Waals surface area contributed by atoms with Gasteiger partial charge in [0.05, 0.1) is 18.4 Å².